The third-order valence-electron chi connectivity index (χ3n) is 3.89. The first-order valence-corrected chi connectivity index (χ1v) is 7.13. The monoisotopic (exact) mass is 276 g/mol. The number of anilines is 1. The van der Waals surface area contributed by atoms with Gasteiger partial charge in [-0.1, -0.05) is 11.6 Å². The smallest absolute Gasteiger partial charge is 0.256 e. The third-order valence-corrected chi connectivity index (χ3v) is 3.89. The van der Waals surface area contributed by atoms with Crippen molar-refractivity contribution in [2.45, 2.75) is 26.8 Å². The Morgan fingerprint density at radius 2 is 1.90 bits per heavy atom. The summed E-state index contributed by atoms with van der Waals surface area (Å²) < 4.78 is 0. The molecule has 0 atom stereocenters. The van der Waals surface area contributed by atoms with E-state index < -0.39 is 0 Å². The molecule has 0 aromatic heterocycles. The van der Waals surface area contributed by atoms with E-state index in [0.717, 1.165) is 31.7 Å². The summed E-state index contributed by atoms with van der Waals surface area (Å²) in [5.74, 6) is 5.56. The van der Waals surface area contributed by atoms with Crippen LogP contribution in [-0.4, -0.2) is 47.9 Å². The Hall–Kier alpha value is -1.59. The van der Waals surface area contributed by atoms with E-state index in [2.05, 4.69) is 24.2 Å². The minimum Gasteiger partial charge on any atom is -0.336 e. The SMILES string of the molecule is Cc1ccc(NN)c(C(=O)N2CCN(C(C)C)CC2)c1. The lowest BCUT2D eigenvalue weighted by Gasteiger charge is -2.37. The predicted octanol–water partition coefficient (Wildman–Crippen LogP) is 1.45. The van der Waals surface area contributed by atoms with Crippen molar-refractivity contribution >= 4 is 11.6 Å². The molecular weight excluding hydrogens is 252 g/mol. The first-order valence-electron chi connectivity index (χ1n) is 7.13. The molecule has 0 unspecified atom stereocenters. The lowest BCUT2D eigenvalue weighted by atomic mass is 10.1. The molecule has 2 rings (SSSR count). The number of hydrogen-bond donors (Lipinski definition) is 2. The Morgan fingerprint density at radius 3 is 2.45 bits per heavy atom. The molecule has 5 heteroatoms. The maximum absolute atomic E-state index is 12.6. The Labute approximate surface area is 120 Å². The molecule has 1 aliphatic heterocycles. The van der Waals surface area contributed by atoms with Gasteiger partial charge in [0.2, 0.25) is 0 Å². The number of aryl methyl sites for hydroxylation is 1. The van der Waals surface area contributed by atoms with Gasteiger partial charge in [-0.3, -0.25) is 15.5 Å². The van der Waals surface area contributed by atoms with Crippen LogP contribution in [0.2, 0.25) is 0 Å². The summed E-state index contributed by atoms with van der Waals surface area (Å²) in [5, 5.41) is 0. The average molecular weight is 276 g/mol. The Kier molecular flexibility index (Phi) is 4.62. The highest BCUT2D eigenvalue weighted by molar-refractivity contribution is 5.99. The summed E-state index contributed by atoms with van der Waals surface area (Å²) in [4.78, 5) is 16.9. The number of carbonyl (C=O) groups excluding carboxylic acids is 1. The highest BCUT2D eigenvalue weighted by atomic mass is 16.2. The quantitative estimate of drug-likeness (QED) is 0.648. The summed E-state index contributed by atoms with van der Waals surface area (Å²) in [6, 6.07) is 6.23. The standard InChI is InChI=1S/C15H24N4O/c1-11(2)18-6-8-19(9-7-18)15(20)13-10-12(3)4-5-14(13)17-16/h4-5,10-11,17H,6-9,16H2,1-3H3. The lowest BCUT2D eigenvalue weighted by molar-refractivity contribution is 0.0596. The summed E-state index contributed by atoms with van der Waals surface area (Å²) in [6.45, 7) is 9.77. The topological polar surface area (TPSA) is 61.6 Å². The molecule has 0 saturated carbocycles. The van der Waals surface area contributed by atoms with Gasteiger partial charge in [0.1, 0.15) is 0 Å². The molecule has 1 heterocycles. The predicted molar refractivity (Wildman–Crippen MR) is 81.6 cm³/mol. The summed E-state index contributed by atoms with van der Waals surface area (Å²) in [7, 11) is 0. The number of hydrogen-bond acceptors (Lipinski definition) is 4. The third kappa shape index (κ3) is 3.11. The van der Waals surface area contributed by atoms with Gasteiger partial charge in [0.25, 0.3) is 5.91 Å². The molecule has 0 aliphatic carbocycles. The van der Waals surface area contributed by atoms with Gasteiger partial charge in [0.05, 0.1) is 11.3 Å². The van der Waals surface area contributed by atoms with E-state index in [1.165, 1.54) is 0 Å². The second-order valence-corrected chi connectivity index (χ2v) is 5.62. The van der Waals surface area contributed by atoms with Crippen LogP contribution in [0.25, 0.3) is 0 Å². The minimum absolute atomic E-state index is 0.0602. The fourth-order valence-corrected chi connectivity index (χ4v) is 2.57. The van der Waals surface area contributed by atoms with Crippen LogP contribution in [-0.2, 0) is 0 Å². The summed E-state index contributed by atoms with van der Waals surface area (Å²) in [5.41, 5.74) is 5.02. The van der Waals surface area contributed by atoms with E-state index in [1.54, 1.807) is 0 Å². The van der Waals surface area contributed by atoms with Crippen molar-refractivity contribution in [3.8, 4) is 0 Å². The van der Waals surface area contributed by atoms with Gasteiger partial charge in [-0.2, -0.15) is 0 Å². The second kappa shape index (κ2) is 6.24. The first-order chi connectivity index (χ1) is 9.52. The number of hydrazine groups is 1. The van der Waals surface area contributed by atoms with E-state index in [-0.39, 0.29) is 5.91 Å². The number of nitrogens with two attached hydrogens (primary N) is 1. The van der Waals surface area contributed by atoms with Crippen molar-refractivity contribution in [1.29, 1.82) is 0 Å². The highest BCUT2D eigenvalue weighted by Crippen LogP contribution is 2.19. The molecule has 1 aromatic rings. The molecule has 1 fully saturated rings. The molecule has 110 valence electrons. The van der Waals surface area contributed by atoms with Gasteiger partial charge >= 0.3 is 0 Å². The molecule has 1 amide bonds. The van der Waals surface area contributed by atoms with Crippen LogP contribution < -0.4 is 11.3 Å². The van der Waals surface area contributed by atoms with Crippen LogP contribution in [0.5, 0.6) is 0 Å². The van der Waals surface area contributed by atoms with Crippen LogP contribution in [0.15, 0.2) is 18.2 Å². The van der Waals surface area contributed by atoms with E-state index in [4.69, 9.17) is 5.84 Å². The van der Waals surface area contributed by atoms with Gasteiger partial charge in [0, 0.05) is 32.2 Å². The highest BCUT2D eigenvalue weighted by Gasteiger charge is 2.24. The molecule has 0 radical (unpaired) electrons. The van der Waals surface area contributed by atoms with Gasteiger partial charge in [0.15, 0.2) is 0 Å². The summed E-state index contributed by atoms with van der Waals surface area (Å²) >= 11 is 0. The van der Waals surface area contributed by atoms with Gasteiger partial charge in [-0.05, 0) is 32.9 Å². The zero-order valence-corrected chi connectivity index (χ0v) is 12.5. The maximum atomic E-state index is 12.6. The number of nitrogens with one attached hydrogen (secondary N) is 1. The number of nitrogen functional groups attached to an aromatic ring is 1. The van der Waals surface area contributed by atoms with E-state index in [9.17, 15) is 4.79 Å². The molecule has 1 aromatic carbocycles. The van der Waals surface area contributed by atoms with Crippen LogP contribution in [0, 0.1) is 6.92 Å². The van der Waals surface area contributed by atoms with Gasteiger partial charge in [-0.25, -0.2) is 0 Å². The average Bonchev–Trinajstić information content (AvgIpc) is 2.46. The molecule has 3 N–H and O–H groups in total. The van der Waals surface area contributed by atoms with E-state index >= 15 is 0 Å². The summed E-state index contributed by atoms with van der Waals surface area (Å²) in [6.07, 6.45) is 0. The fourth-order valence-electron chi connectivity index (χ4n) is 2.57. The zero-order chi connectivity index (χ0) is 14.7. The molecule has 0 bridgehead atoms. The number of nitrogens with zero attached hydrogens (tertiary/aromatic N) is 2. The first kappa shape index (κ1) is 14.8. The normalized spacial score (nSPS) is 16.6. The number of amides is 1. The Balaban J connectivity index is 2.11. The molecular formula is C15H24N4O. The van der Waals surface area contributed by atoms with Crippen molar-refractivity contribution in [1.82, 2.24) is 9.80 Å². The fraction of sp³-hybridized carbons (Fsp3) is 0.533. The number of rotatable bonds is 3. The van der Waals surface area contributed by atoms with Crippen LogP contribution in [0.4, 0.5) is 5.69 Å². The minimum atomic E-state index is 0.0602. The van der Waals surface area contributed by atoms with Crippen LogP contribution >= 0.6 is 0 Å². The van der Waals surface area contributed by atoms with Crippen molar-refractivity contribution in [2.75, 3.05) is 31.6 Å². The number of carbonyl (C=O) groups is 1. The van der Waals surface area contributed by atoms with Crippen LogP contribution in [0.1, 0.15) is 29.8 Å². The van der Waals surface area contributed by atoms with Crippen molar-refractivity contribution < 1.29 is 4.79 Å². The number of benzene rings is 1. The van der Waals surface area contributed by atoms with E-state index in [0.29, 0.717) is 17.3 Å². The molecule has 20 heavy (non-hydrogen) atoms. The van der Waals surface area contributed by atoms with Gasteiger partial charge < -0.3 is 10.3 Å². The molecule has 1 saturated heterocycles. The second-order valence-electron chi connectivity index (χ2n) is 5.62. The van der Waals surface area contributed by atoms with Crippen LogP contribution in [0.3, 0.4) is 0 Å². The largest absolute Gasteiger partial charge is 0.336 e. The van der Waals surface area contributed by atoms with Gasteiger partial charge in [-0.15, -0.1) is 0 Å². The maximum Gasteiger partial charge on any atom is 0.256 e. The molecule has 5 nitrogen and oxygen atoms in total. The molecule has 1 aliphatic rings. The lowest BCUT2D eigenvalue weighted by Crippen LogP contribution is -2.50. The molecule has 0 spiro atoms. The van der Waals surface area contributed by atoms with Crippen molar-refractivity contribution in [3.63, 3.8) is 0 Å². The Bertz CT molecular complexity index is 479. The van der Waals surface area contributed by atoms with E-state index in [1.807, 2.05) is 30.0 Å². The van der Waals surface area contributed by atoms with Crippen molar-refractivity contribution in [2.24, 2.45) is 5.84 Å². The zero-order valence-electron chi connectivity index (χ0n) is 12.5. The number of piperazine rings is 1. The Morgan fingerprint density at radius 1 is 1.25 bits per heavy atom. The van der Waals surface area contributed by atoms with Crippen molar-refractivity contribution in [3.05, 3.63) is 29.3 Å².